The molecule has 0 aliphatic rings. The van der Waals surface area contributed by atoms with Crippen molar-refractivity contribution in [2.24, 2.45) is 0 Å². The normalized spacial score (nSPS) is 11.0. The molecule has 0 atom stereocenters. The molecule has 15 rings (SSSR count). The number of rotatable bonds is 42. The molecule has 0 heterocycles. The van der Waals surface area contributed by atoms with Crippen molar-refractivity contribution in [3.8, 4) is 57.5 Å². The van der Waals surface area contributed by atoms with Gasteiger partial charge in [-0.25, -0.2) is 0 Å². The lowest BCUT2D eigenvalue weighted by Gasteiger charge is -2.14. The molecule has 147 heavy (non-hydrogen) atoms. The van der Waals surface area contributed by atoms with Crippen molar-refractivity contribution in [2.45, 2.75) is 306 Å². The van der Waals surface area contributed by atoms with Gasteiger partial charge in [0.15, 0.2) is 0 Å². The largest absolute Gasteiger partial charge is 0.497 e. The van der Waals surface area contributed by atoms with E-state index in [0.29, 0.717) is 8.43 Å². The number of hydrogen-bond acceptors (Lipinski definition) is 6. The van der Waals surface area contributed by atoms with Crippen LogP contribution >= 0.6 is 16.6 Å². The molecule has 0 fully saturated rings. The predicted molar refractivity (Wildman–Crippen MR) is 636 cm³/mol. The molecular weight excluding hydrogens is 1830 g/mol. The summed E-state index contributed by atoms with van der Waals surface area (Å²) in [7, 11) is 3.48. The molecule has 0 N–H and O–H groups in total. The summed E-state index contributed by atoms with van der Waals surface area (Å²) in [6, 6.07) is 101. The molecule has 8 heteroatoms. The maximum atomic E-state index is 6.22. The molecule has 0 radical (unpaired) electrons. The highest BCUT2D eigenvalue weighted by Gasteiger charge is 2.17. The summed E-state index contributed by atoms with van der Waals surface area (Å²) >= 11 is 0. The fraction of sp³-hybridized carbons (Fsp3) is 0.338. The standard InChI is InChI=1S/C29H35P.2C29H36.C26H29O3P.C26H30O3/c1-6-22-9-21(4)10-25(11-22)16-26-12-23(7-2)13-27(17-26)18-28-14-24(8-3)15-29(19-28)20-30-5;2*1-6-22-10-21(5)11-26(13-22)18-28-16-25(9-4)17-29(20-28)19-27-14-23(7-2)12-24(8-3)15-27;1-6-19-9-18(4)10-22(11-19)27-23-12-20(7-2)13-24(16-23)28-25-14-21(8-3)15-26(17-25)29-30-5;1-6-19-9-18(4)10-23(12-19)28-25-14-21(8-3)15-26(17-25)29-24-13-20(7-2)11-22(16-24)27-5/h9-15,17,19H,5-8,16,18,20H2,1-4H3;2*10-17,20H,6-9,18-19H2,1-5H3;9-17H,5-8H2,1-4H3;9-17H,6-8H2,1-5H3. The van der Waals surface area contributed by atoms with Crippen LogP contribution in [0.3, 0.4) is 0 Å². The van der Waals surface area contributed by atoms with Crippen LogP contribution in [-0.4, -0.2) is 19.7 Å². The minimum absolute atomic E-state index is 0.613. The smallest absolute Gasteiger partial charge is 0.135 e. The van der Waals surface area contributed by atoms with Crippen molar-refractivity contribution in [1.29, 1.82) is 0 Å². The summed E-state index contributed by atoms with van der Waals surface area (Å²) < 4.78 is 35.8. The maximum absolute atomic E-state index is 6.22. The third-order valence-electron chi connectivity index (χ3n) is 27.3. The summed E-state index contributed by atoms with van der Waals surface area (Å²) in [5.41, 5.74) is 48.3. The minimum Gasteiger partial charge on any atom is -0.497 e. The molecule has 0 saturated carbocycles. The number of hydrogen-bond donors (Lipinski definition) is 0. The lowest BCUT2D eigenvalue weighted by Crippen LogP contribution is -1.98. The van der Waals surface area contributed by atoms with Gasteiger partial charge in [-0.2, -0.15) is 0 Å². The lowest BCUT2D eigenvalue weighted by atomic mass is 9.93. The van der Waals surface area contributed by atoms with Crippen LogP contribution in [0.5, 0.6) is 57.5 Å². The Kier molecular flexibility index (Phi) is 45.9. The van der Waals surface area contributed by atoms with E-state index in [0.717, 1.165) is 222 Å². The summed E-state index contributed by atoms with van der Waals surface area (Å²) in [6.07, 6.45) is 32.5. The maximum Gasteiger partial charge on any atom is 0.135 e. The first kappa shape index (κ1) is 115. The van der Waals surface area contributed by atoms with E-state index in [2.05, 4.69) is 395 Å². The Morgan fingerprint density at radius 2 is 0.293 bits per heavy atom. The molecule has 15 aromatic rings. The highest BCUT2D eigenvalue weighted by Crippen LogP contribution is 2.38. The zero-order valence-electron chi connectivity index (χ0n) is 93.2. The van der Waals surface area contributed by atoms with Gasteiger partial charge >= 0.3 is 0 Å². The highest BCUT2D eigenvalue weighted by atomic mass is 31.1. The second kappa shape index (κ2) is 58.8. The van der Waals surface area contributed by atoms with Gasteiger partial charge in [-0.15, -0.1) is 8.20 Å². The van der Waals surface area contributed by atoms with Crippen LogP contribution < -0.4 is 28.2 Å². The Balaban J connectivity index is 0.000000175. The van der Waals surface area contributed by atoms with Crippen LogP contribution in [0.2, 0.25) is 0 Å². The van der Waals surface area contributed by atoms with Crippen molar-refractivity contribution in [3.63, 3.8) is 0 Å². The summed E-state index contributed by atoms with van der Waals surface area (Å²) in [4.78, 5) is 0. The van der Waals surface area contributed by atoms with Crippen LogP contribution in [0, 0.1) is 34.6 Å². The van der Waals surface area contributed by atoms with Gasteiger partial charge in [-0.05, 0) is 439 Å². The lowest BCUT2D eigenvalue weighted by molar-refractivity contribution is 0.408. The molecule has 0 aromatic heterocycles. The molecular formula is C139H166O6P2. The van der Waals surface area contributed by atoms with E-state index < -0.39 is 0 Å². The number of ether oxygens (including phenoxy) is 5. The Hall–Kier alpha value is -12.6. The Bertz CT molecular complexity index is 6230. The SMILES string of the molecule is C=PCc1cc(CC)cc(Cc2cc(CC)cc(Cc3cc(C)cc(CC)c3)c2)c1.C=POc1cc(CC)cc(Oc2cc(CC)cc(Oc3cc(C)cc(CC)c3)c2)c1.CCc1cc(C)cc(Cc2cc(CC)cc(Cc3cc(CC)cc(CC)c3)c2)c1.CCc1cc(C)cc(Cc2cc(CC)cc(Cc3cc(CC)cc(CC)c3)c2)c1.CCc1cc(C)cc(Oc2cc(CC)cc(Oc3cc(CC)cc(OC)c3)c2)c1. The van der Waals surface area contributed by atoms with Gasteiger partial charge in [0.05, 0.1) is 7.11 Å². The van der Waals surface area contributed by atoms with Gasteiger partial charge in [0.25, 0.3) is 0 Å². The van der Waals surface area contributed by atoms with E-state index in [1.807, 2.05) is 42.5 Å². The third-order valence-corrected chi connectivity index (χ3v) is 28.2. The number of benzene rings is 15. The minimum atomic E-state index is 0.613. The first-order chi connectivity index (χ1) is 71.1. The Morgan fingerprint density at radius 1 is 0.156 bits per heavy atom. The molecule has 0 aliphatic carbocycles. The predicted octanol–water partition coefficient (Wildman–Crippen LogP) is 37.8. The molecule has 0 spiro atoms. The zero-order chi connectivity index (χ0) is 105. The molecule has 0 amide bonds. The summed E-state index contributed by atoms with van der Waals surface area (Å²) in [6.45, 7) is 48.4. The van der Waals surface area contributed by atoms with Crippen molar-refractivity contribution >= 4 is 29.2 Å². The van der Waals surface area contributed by atoms with E-state index in [1.165, 1.54) is 192 Å². The van der Waals surface area contributed by atoms with E-state index in [-0.39, 0.29) is 0 Å². The fourth-order valence-corrected chi connectivity index (χ4v) is 20.3. The van der Waals surface area contributed by atoms with Crippen LogP contribution in [0.4, 0.5) is 0 Å². The second-order valence-corrected chi connectivity index (χ2v) is 41.0. The quantitative estimate of drug-likeness (QED) is 0.0356. The van der Waals surface area contributed by atoms with Gasteiger partial charge < -0.3 is 28.2 Å². The van der Waals surface area contributed by atoms with Crippen molar-refractivity contribution < 1.29 is 28.2 Å². The number of methoxy groups -OCH3 is 1. The van der Waals surface area contributed by atoms with E-state index in [1.54, 1.807) is 7.11 Å². The molecule has 768 valence electrons. The molecule has 0 aliphatic heterocycles. The second-order valence-electron chi connectivity index (χ2n) is 39.8. The van der Waals surface area contributed by atoms with Crippen LogP contribution in [0.15, 0.2) is 273 Å². The van der Waals surface area contributed by atoms with Crippen molar-refractivity contribution in [2.75, 3.05) is 7.11 Å². The monoisotopic (exact) mass is 1990 g/mol. The molecule has 0 bridgehead atoms. The third kappa shape index (κ3) is 37.1. The van der Waals surface area contributed by atoms with Gasteiger partial charge in [-0.1, -0.05) is 317 Å². The zero-order valence-corrected chi connectivity index (χ0v) is 95.0. The van der Waals surface area contributed by atoms with E-state index in [4.69, 9.17) is 28.2 Å². The first-order valence-electron chi connectivity index (χ1n) is 54.7. The van der Waals surface area contributed by atoms with Crippen molar-refractivity contribution in [1.82, 2.24) is 0 Å². The van der Waals surface area contributed by atoms with Gasteiger partial charge in [0.2, 0.25) is 0 Å². The number of aryl methyl sites for hydroxylation is 22. The molecule has 0 unspecified atom stereocenters. The topological polar surface area (TPSA) is 55.4 Å². The highest BCUT2D eigenvalue weighted by molar-refractivity contribution is 7.35. The van der Waals surface area contributed by atoms with Crippen LogP contribution in [0.25, 0.3) is 0 Å². The molecule has 6 nitrogen and oxygen atoms in total. The fourth-order valence-electron chi connectivity index (χ4n) is 19.6. The summed E-state index contributed by atoms with van der Waals surface area (Å²) in [5.74, 6) is 7.85. The Morgan fingerprint density at radius 3 is 0.503 bits per heavy atom. The van der Waals surface area contributed by atoms with E-state index >= 15 is 0 Å². The van der Waals surface area contributed by atoms with Gasteiger partial charge in [0.1, 0.15) is 65.9 Å². The average Bonchev–Trinajstić information content (AvgIpc) is 0.838. The molecule has 15 aromatic carbocycles. The average molecular weight is 1990 g/mol. The van der Waals surface area contributed by atoms with Gasteiger partial charge in [-0.3, -0.25) is 0 Å². The van der Waals surface area contributed by atoms with Crippen LogP contribution in [-0.2, 0) is 154 Å². The first-order valence-corrected chi connectivity index (χ1v) is 57.0. The van der Waals surface area contributed by atoms with Gasteiger partial charge in [0, 0.05) is 30.4 Å². The van der Waals surface area contributed by atoms with E-state index in [9.17, 15) is 0 Å². The Labute approximate surface area is 889 Å². The van der Waals surface area contributed by atoms with Crippen molar-refractivity contribution in [3.05, 3.63) is 468 Å². The van der Waals surface area contributed by atoms with Crippen LogP contribution in [0.1, 0.15) is 312 Å². The molecule has 0 saturated heterocycles. The summed E-state index contributed by atoms with van der Waals surface area (Å²) in [5, 5.41) is 0.